The molecule has 4 heteroatoms. The predicted octanol–water partition coefficient (Wildman–Crippen LogP) is -0.713. The number of nitrogens with one attached hydrogen (secondary N) is 1. The molecule has 0 aromatic heterocycles. The van der Waals surface area contributed by atoms with E-state index in [2.05, 4.69) is 10.2 Å². The molecule has 0 bridgehead atoms. The van der Waals surface area contributed by atoms with Crippen LogP contribution in [0, 0.1) is 0 Å². The Labute approximate surface area is 60.1 Å². The second-order valence-corrected chi connectivity index (χ2v) is 2.45. The van der Waals surface area contributed by atoms with Gasteiger partial charge in [0.2, 0.25) is 0 Å². The maximum atomic E-state index is 9.04. The molecule has 0 aliphatic carbocycles. The van der Waals surface area contributed by atoms with Crippen LogP contribution in [0.25, 0.3) is 0 Å². The van der Waals surface area contributed by atoms with Crippen molar-refractivity contribution in [3.63, 3.8) is 0 Å². The van der Waals surface area contributed by atoms with Crippen LogP contribution < -0.4 is 5.32 Å². The molecule has 1 aliphatic rings. The predicted molar refractivity (Wildman–Crippen MR) is 35.4 cm³/mol. The van der Waals surface area contributed by atoms with Crippen molar-refractivity contribution >= 4 is 0 Å². The summed E-state index contributed by atoms with van der Waals surface area (Å²) in [7, 11) is 1.48. The van der Waals surface area contributed by atoms with Crippen LogP contribution in [0.15, 0.2) is 0 Å². The average Bonchev–Trinajstić information content (AvgIpc) is 2.31. The van der Waals surface area contributed by atoms with Crippen molar-refractivity contribution in [1.29, 1.82) is 0 Å². The number of aliphatic hydroxyl groups is 1. The fraction of sp³-hybridized carbons (Fsp3) is 1.00. The summed E-state index contributed by atoms with van der Waals surface area (Å²) in [4.78, 5) is 9.11. The Morgan fingerprint density at radius 3 is 3.00 bits per heavy atom. The quantitative estimate of drug-likeness (QED) is 0.409. The van der Waals surface area contributed by atoms with E-state index in [1.54, 1.807) is 0 Å². The number of aliphatic hydroxyl groups excluding tert-OH is 1. The maximum Gasteiger partial charge on any atom is 0.0976 e. The van der Waals surface area contributed by atoms with Crippen molar-refractivity contribution in [3.05, 3.63) is 0 Å². The summed E-state index contributed by atoms with van der Waals surface area (Å²) < 4.78 is 0. The maximum absolute atomic E-state index is 9.04. The van der Waals surface area contributed by atoms with Crippen molar-refractivity contribution < 1.29 is 14.9 Å². The first-order valence-electron chi connectivity index (χ1n) is 3.40. The molecule has 1 aliphatic heterocycles. The normalized spacial score (nSPS) is 33.0. The summed E-state index contributed by atoms with van der Waals surface area (Å²) in [5, 5.41) is 12.1. The summed E-state index contributed by atoms with van der Waals surface area (Å²) in [5.41, 5.74) is 0. The van der Waals surface area contributed by atoms with Crippen LogP contribution >= 0.6 is 0 Å². The Morgan fingerprint density at radius 1 is 1.70 bits per heavy atom. The standard InChI is InChI=1S/C6H13NO3/c1-9-10-4-5-2-6(8)3-7-5/h5-8H,2-4H2,1H3. The molecule has 2 atom stereocenters. The second-order valence-electron chi connectivity index (χ2n) is 2.45. The zero-order valence-electron chi connectivity index (χ0n) is 6.04. The van der Waals surface area contributed by atoms with Gasteiger partial charge >= 0.3 is 0 Å². The Balaban J connectivity index is 2.06. The van der Waals surface area contributed by atoms with Gasteiger partial charge in [-0.15, -0.1) is 0 Å². The van der Waals surface area contributed by atoms with Gasteiger partial charge in [-0.3, -0.25) is 0 Å². The number of rotatable bonds is 3. The Kier molecular flexibility index (Phi) is 3.08. The lowest BCUT2D eigenvalue weighted by molar-refractivity contribution is -0.275. The average molecular weight is 147 g/mol. The van der Waals surface area contributed by atoms with Crippen molar-refractivity contribution in [2.75, 3.05) is 20.3 Å². The molecule has 1 saturated heterocycles. The fourth-order valence-corrected chi connectivity index (χ4v) is 1.07. The van der Waals surface area contributed by atoms with Gasteiger partial charge in [0.1, 0.15) is 0 Å². The van der Waals surface area contributed by atoms with E-state index in [0.717, 1.165) is 6.42 Å². The Bertz CT molecular complexity index is 99.0. The number of β-amino-alcohol motifs (C(OH)–C–C–N with tert-alkyl or cyclic N) is 1. The van der Waals surface area contributed by atoms with E-state index in [0.29, 0.717) is 13.2 Å². The lowest BCUT2D eigenvalue weighted by Gasteiger charge is -2.06. The van der Waals surface area contributed by atoms with E-state index in [1.165, 1.54) is 7.11 Å². The number of hydrogen-bond donors (Lipinski definition) is 2. The molecule has 0 amide bonds. The summed E-state index contributed by atoms with van der Waals surface area (Å²) >= 11 is 0. The highest BCUT2D eigenvalue weighted by Gasteiger charge is 2.21. The molecule has 10 heavy (non-hydrogen) atoms. The van der Waals surface area contributed by atoms with E-state index in [1.807, 2.05) is 0 Å². The molecule has 2 N–H and O–H groups in total. The molecule has 0 aromatic rings. The van der Waals surface area contributed by atoms with E-state index < -0.39 is 0 Å². The van der Waals surface area contributed by atoms with Gasteiger partial charge in [0.25, 0.3) is 0 Å². The molecule has 0 spiro atoms. The van der Waals surface area contributed by atoms with Crippen LogP contribution in [-0.4, -0.2) is 37.5 Å². The van der Waals surface area contributed by atoms with Gasteiger partial charge in [0, 0.05) is 12.6 Å². The highest BCUT2D eigenvalue weighted by Crippen LogP contribution is 2.05. The molecule has 60 valence electrons. The molecule has 0 radical (unpaired) electrons. The van der Waals surface area contributed by atoms with Crippen molar-refractivity contribution in [2.45, 2.75) is 18.6 Å². The largest absolute Gasteiger partial charge is 0.392 e. The zero-order valence-corrected chi connectivity index (χ0v) is 6.04. The van der Waals surface area contributed by atoms with Crippen molar-refractivity contribution in [3.8, 4) is 0 Å². The first-order chi connectivity index (χ1) is 4.83. The Hall–Kier alpha value is -0.160. The van der Waals surface area contributed by atoms with E-state index >= 15 is 0 Å². The van der Waals surface area contributed by atoms with Gasteiger partial charge in [-0.05, 0) is 6.42 Å². The van der Waals surface area contributed by atoms with Gasteiger partial charge in [-0.2, -0.15) is 0 Å². The molecule has 1 heterocycles. The van der Waals surface area contributed by atoms with Gasteiger partial charge in [0.05, 0.1) is 19.8 Å². The molecule has 1 rings (SSSR count). The van der Waals surface area contributed by atoms with Crippen LogP contribution in [0.3, 0.4) is 0 Å². The summed E-state index contributed by atoms with van der Waals surface area (Å²) in [5.74, 6) is 0. The van der Waals surface area contributed by atoms with Crippen LogP contribution in [0.1, 0.15) is 6.42 Å². The van der Waals surface area contributed by atoms with Crippen molar-refractivity contribution in [1.82, 2.24) is 5.32 Å². The molecule has 2 unspecified atom stereocenters. The van der Waals surface area contributed by atoms with Gasteiger partial charge < -0.3 is 10.4 Å². The first kappa shape index (κ1) is 7.94. The minimum atomic E-state index is -0.217. The second kappa shape index (κ2) is 3.88. The summed E-state index contributed by atoms with van der Waals surface area (Å²) in [6, 6.07) is 0.245. The molecular weight excluding hydrogens is 134 g/mol. The Morgan fingerprint density at radius 2 is 2.50 bits per heavy atom. The lowest BCUT2D eigenvalue weighted by Crippen LogP contribution is -2.26. The van der Waals surface area contributed by atoms with Crippen LogP contribution in [0.5, 0.6) is 0 Å². The highest BCUT2D eigenvalue weighted by atomic mass is 17.2. The van der Waals surface area contributed by atoms with Crippen LogP contribution in [0.2, 0.25) is 0 Å². The molecule has 0 aromatic carbocycles. The molecule has 1 fully saturated rings. The third-order valence-electron chi connectivity index (χ3n) is 1.59. The van der Waals surface area contributed by atoms with Crippen LogP contribution in [0.4, 0.5) is 0 Å². The number of hydrogen-bond acceptors (Lipinski definition) is 4. The monoisotopic (exact) mass is 147 g/mol. The molecular formula is C6H13NO3. The minimum absolute atomic E-state index is 0.217. The van der Waals surface area contributed by atoms with Gasteiger partial charge in [-0.1, -0.05) is 0 Å². The van der Waals surface area contributed by atoms with Gasteiger partial charge in [0.15, 0.2) is 0 Å². The van der Waals surface area contributed by atoms with E-state index in [4.69, 9.17) is 9.99 Å². The molecule has 4 nitrogen and oxygen atoms in total. The van der Waals surface area contributed by atoms with Crippen molar-refractivity contribution in [2.24, 2.45) is 0 Å². The summed E-state index contributed by atoms with van der Waals surface area (Å²) in [6.07, 6.45) is 0.536. The fourth-order valence-electron chi connectivity index (χ4n) is 1.07. The topological polar surface area (TPSA) is 50.7 Å². The summed E-state index contributed by atoms with van der Waals surface area (Å²) in [6.45, 7) is 1.17. The highest BCUT2D eigenvalue weighted by molar-refractivity contribution is 4.80. The van der Waals surface area contributed by atoms with Crippen LogP contribution in [-0.2, 0) is 9.78 Å². The zero-order chi connectivity index (χ0) is 7.40. The SMILES string of the molecule is COOCC1CC(O)CN1. The molecule has 0 saturated carbocycles. The van der Waals surface area contributed by atoms with E-state index in [9.17, 15) is 0 Å². The third kappa shape index (κ3) is 2.22. The third-order valence-corrected chi connectivity index (χ3v) is 1.59. The minimum Gasteiger partial charge on any atom is -0.392 e. The smallest absolute Gasteiger partial charge is 0.0976 e. The first-order valence-corrected chi connectivity index (χ1v) is 3.40. The van der Waals surface area contributed by atoms with E-state index in [-0.39, 0.29) is 12.1 Å². The van der Waals surface area contributed by atoms with Gasteiger partial charge in [-0.25, -0.2) is 9.78 Å². The lowest BCUT2D eigenvalue weighted by atomic mass is 10.2.